The SMILES string of the molecule is CCCCNC(=O)c1ccc(C2=NC(=O)c3c(-c4ccc(C(=O)NCCCC)cc4)[nH]c(O)c32)cc1. The summed E-state index contributed by atoms with van der Waals surface area (Å²) in [5, 5.41) is 16.4. The Labute approximate surface area is 209 Å². The Morgan fingerprint density at radius 1 is 0.806 bits per heavy atom. The number of nitrogens with one attached hydrogen (secondary N) is 3. The van der Waals surface area contributed by atoms with Crippen LogP contribution in [-0.2, 0) is 0 Å². The van der Waals surface area contributed by atoms with E-state index < -0.39 is 5.91 Å². The number of carbonyl (C=O) groups excluding carboxylic acids is 3. The Balaban J connectivity index is 1.55. The Morgan fingerprint density at radius 3 is 1.81 bits per heavy atom. The van der Waals surface area contributed by atoms with Gasteiger partial charge in [-0.25, -0.2) is 4.99 Å². The van der Waals surface area contributed by atoms with Crippen molar-refractivity contribution < 1.29 is 19.5 Å². The number of rotatable bonds is 10. The molecule has 4 N–H and O–H groups in total. The van der Waals surface area contributed by atoms with Crippen LogP contribution in [0.3, 0.4) is 0 Å². The average Bonchev–Trinajstić information content (AvgIpc) is 3.42. The van der Waals surface area contributed by atoms with Crippen LogP contribution in [0.4, 0.5) is 0 Å². The number of hydrogen-bond donors (Lipinski definition) is 4. The Bertz CT molecular complexity index is 1300. The summed E-state index contributed by atoms with van der Waals surface area (Å²) in [6, 6.07) is 13.6. The van der Waals surface area contributed by atoms with Gasteiger partial charge in [0, 0.05) is 29.8 Å². The van der Waals surface area contributed by atoms with Gasteiger partial charge in [-0.1, -0.05) is 51.0 Å². The van der Waals surface area contributed by atoms with Gasteiger partial charge in [-0.2, -0.15) is 0 Å². The third-order valence-corrected chi connectivity index (χ3v) is 6.13. The van der Waals surface area contributed by atoms with E-state index in [1.807, 2.05) is 0 Å². The number of fused-ring (bicyclic) bond motifs is 1. The minimum atomic E-state index is -0.464. The van der Waals surface area contributed by atoms with E-state index in [0.717, 1.165) is 25.7 Å². The fraction of sp³-hybridized carbons (Fsp3) is 0.286. The van der Waals surface area contributed by atoms with Gasteiger partial charge in [-0.15, -0.1) is 0 Å². The summed E-state index contributed by atoms with van der Waals surface area (Å²) in [7, 11) is 0. The van der Waals surface area contributed by atoms with Gasteiger partial charge in [0.1, 0.15) is 0 Å². The largest absolute Gasteiger partial charge is 0.494 e. The van der Waals surface area contributed by atoms with Crippen LogP contribution in [0.5, 0.6) is 5.88 Å². The molecule has 1 aliphatic heterocycles. The lowest BCUT2D eigenvalue weighted by Gasteiger charge is -2.06. The molecule has 8 nitrogen and oxygen atoms in total. The van der Waals surface area contributed by atoms with Gasteiger partial charge in [-0.05, 0) is 42.7 Å². The number of hydrogen-bond acceptors (Lipinski definition) is 4. The highest BCUT2D eigenvalue weighted by Gasteiger charge is 2.33. The van der Waals surface area contributed by atoms with E-state index in [-0.39, 0.29) is 23.3 Å². The smallest absolute Gasteiger partial charge is 0.280 e. The van der Waals surface area contributed by atoms with Gasteiger partial charge in [0.2, 0.25) is 0 Å². The second kappa shape index (κ2) is 11.0. The Hall–Kier alpha value is -4.20. The second-order valence-corrected chi connectivity index (χ2v) is 8.74. The number of unbranched alkanes of at least 4 members (excludes halogenated alkanes) is 2. The molecule has 2 heterocycles. The number of carbonyl (C=O) groups is 3. The van der Waals surface area contributed by atoms with Crippen molar-refractivity contribution in [1.82, 2.24) is 15.6 Å². The van der Waals surface area contributed by atoms with Crippen molar-refractivity contribution >= 4 is 23.4 Å². The van der Waals surface area contributed by atoms with Crippen LogP contribution in [-0.4, -0.2) is 46.6 Å². The monoisotopic (exact) mass is 486 g/mol. The maximum Gasteiger partial charge on any atom is 0.280 e. The van der Waals surface area contributed by atoms with Crippen LogP contribution in [0.2, 0.25) is 0 Å². The summed E-state index contributed by atoms with van der Waals surface area (Å²) in [6.45, 7) is 5.36. The molecule has 2 aromatic carbocycles. The molecule has 0 radical (unpaired) electrons. The highest BCUT2D eigenvalue weighted by atomic mass is 16.3. The van der Waals surface area contributed by atoms with E-state index in [9.17, 15) is 19.5 Å². The maximum absolute atomic E-state index is 12.9. The lowest BCUT2D eigenvalue weighted by Crippen LogP contribution is -2.24. The van der Waals surface area contributed by atoms with Crippen molar-refractivity contribution in [2.75, 3.05) is 13.1 Å². The molecule has 0 unspecified atom stereocenters. The predicted molar refractivity (Wildman–Crippen MR) is 139 cm³/mol. The molecule has 4 rings (SSSR count). The lowest BCUT2D eigenvalue weighted by atomic mass is 9.99. The summed E-state index contributed by atoms with van der Waals surface area (Å²) in [5.41, 5.74) is 3.70. The first-order valence-electron chi connectivity index (χ1n) is 12.3. The number of H-pyrrole nitrogens is 1. The van der Waals surface area contributed by atoms with Crippen LogP contribution in [0.1, 0.15) is 81.7 Å². The lowest BCUT2D eigenvalue weighted by molar-refractivity contribution is 0.0945. The van der Waals surface area contributed by atoms with Crippen molar-refractivity contribution in [3.05, 3.63) is 76.3 Å². The van der Waals surface area contributed by atoms with Crippen molar-refractivity contribution in [3.63, 3.8) is 0 Å². The number of nitrogens with zero attached hydrogens (tertiary/aromatic N) is 1. The quantitative estimate of drug-likeness (QED) is 0.316. The number of aliphatic imine (C=N–C) groups is 1. The number of amides is 3. The molecular weight excluding hydrogens is 456 g/mol. The number of aromatic nitrogens is 1. The summed E-state index contributed by atoms with van der Waals surface area (Å²) < 4.78 is 0. The first kappa shape index (κ1) is 24.9. The number of benzene rings is 2. The van der Waals surface area contributed by atoms with Gasteiger partial charge in [-0.3, -0.25) is 14.4 Å². The minimum Gasteiger partial charge on any atom is -0.494 e. The highest BCUT2D eigenvalue weighted by Crippen LogP contribution is 2.38. The summed E-state index contributed by atoms with van der Waals surface area (Å²) in [5.74, 6) is -0.935. The van der Waals surface area contributed by atoms with Gasteiger partial charge >= 0.3 is 0 Å². The zero-order valence-electron chi connectivity index (χ0n) is 20.5. The first-order chi connectivity index (χ1) is 17.4. The van der Waals surface area contributed by atoms with Crippen molar-refractivity contribution in [1.29, 1.82) is 0 Å². The Morgan fingerprint density at radius 2 is 1.31 bits per heavy atom. The summed E-state index contributed by atoms with van der Waals surface area (Å²) in [4.78, 5) is 44.5. The molecule has 186 valence electrons. The maximum atomic E-state index is 12.9. The van der Waals surface area contributed by atoms with E-state index >= 15 is 0 Å². The van der Waals surface area contributed by atoms with Crippen LogP contribution >= 0.6 is 0 Å². The van der Waals surface area contributed by atoms with E-state index in [4.69, 9.17) is 0 Å². The first-order valence-corrected chi connectivity index (χ1v) is 12.3. The molecule has 8 heteroatoms. The average molecular weight is 487 g/mol. The molecule has 36 heavy (non-hydrogen) atoms. The molecule has 0 aliphatic carbocycles. The van der Waals surface area contributed by atoms with E-state index in [2.05, 4.69) is 34.5 Å². The predicted octanol–water partition coefficient (Wildman–Crippen LogP) is 4.44. The van der Waals surface area contributed by atoms with Gasteiger partial charge in [0.15, 0.2) is 5.88 Å². The van der Waals surface area contributed by atoms with E-state index in [1.54, 1.807) is 48.5 Å². The van der Waals surface area contributed by atoms with Crippen LogP contribution in [0, 0.1) is 0 Å². The number of aromatic amines is 1. The Kier molecular flexibility index (Phi) is 7.63. The van der Waals surface area contributed by atoms with Crippen LogP contribution in [0.25, 0.3) is 11.3 Å². The van der Waals surface area contributed by atoms with Gasteiger partial charge in [0.25, 0.3) is 17.7 Å². The second-order valence-electron chi connectivity index (χ2n) is 8.74. The number of aromatic hydroxyl groups is 1. The molecule has 0 saturated heterocycles. The van der Waals surface area contributed by atoms with Crippen LogP contribution in [0.15, 0.2) is 53.5 Å². The molecule has 1 aliphatic rings. The topological polar surface area (TPSA) is 124 Å². The molecule has 0 bridgehead atoms. The van der Waals surface area contributed by atoms with Crippen molar-refractivity contribution in [2.45, 2.75) is 39.5 Å². The van der Waals surface area contributed by atoms with Gasteiger partial charge < -0.3 is 20.7 Å². The third-order valence-electron chi connectivity index (χ3n) is 6.13. The standard InChI is InChI=1S/C28H30N4O4/c1-3-5-15-29-25(33)19-11-7-17(8-12-19)23-21-22(28(36)31-23)24(32-27(21)35)18-9-13-20(14-10-18)26(34)30-16-6-4-2/h7-14,31,36H,3-6,15-16H2,1-2H3,(H,29,33)(H,30,34). The zero-order chi connectivity index (χ0) is 25.7. The highest BCUT2D eigenvalue weighted by molar-refractivity contribution is 6.30. The molecule has 0 atom stereocenters. The van der Waals surface area contributed by atoms with Gasteiger partial charge in [0.05, 0.1) is 22.5 Å². The molecule has 3 amide bonds. The zero-order valence-corrected chi connectivity index (χ0v) is 20.5. The molecular formula is C28H30N4O4. The molecule has 0 saturated carbocycles. The van der Waals surface area contributed by atoms with Crippen LogP contribution < -0.4 is 10.6 Å². The van der Waals surface area contributed by atoms with E-state index in [1.165, 1.54) is 0 Å². The normalized spacial score (nSPS) is 12.3. The summed E-state index contributed by atoms with van der Waals surface area (Å²) in [6.07, 6.45) is 3.82. The molecule has 1 aromatic heterocycles. The fourth-order valence-electron chi connectivity index (χ4n) is 4.10. The molecule has 0 spiro atoms. The molecule has 0 fully saturated rings. The molecule has 3 aromatic rings. The van der Waals surface area contributed by atoms with Crippen molar-refractivity contribution in [2.24, 2.45) is 4.99 Å². The summed E-state index contributed by atoms with van der Waals surface area (Å²) >= 11 is 0. The van der Waals surface area contributed by atoms with Crippen molar-refractivity contribution in [3.8, 4) is 17.1 Å². The third kappa shape index (κ3) is 5.07. The minimum absolute atomic E-state index is 0.154. The van der Waals surface area contributed by atoms with E-state index in [0.29, 0.717) is 52.3 Å². The fourth-order valence-corrected chi connectivity index (χ4v) is 4.10.